The molecule has 2 N–H and O–H groups in total. The standard InChI is InChI=1S/C18H22N2O4S/c1-11-9-14(24-16(11)15(19-2)18(21)22)17-13(6-8-25-17)23-10-12-5-3-4-7-20-12/h3-8,11,14-16,19H,9-10H2,1-2H3,(H,21,22)/t11-,14?,15?,16-/m1/s1. The lowest BCUT2D eigenvalue weighted by Gasteiger charge is -2.22. The summed E-state index contributed by atoms with van der Waals surface area (Å²) in [6, 6.07) is 6.93. The average Bonchev–Trinajstić information content (AvgIpc) is 3.21. The molecule has 0 aromatic carbocycles. The lowest BCUT2D eigenvalue weighted by molar-refractivity contribution is -0.144. The Morgan fingerprint density at radius 3 is 3.04 bits per heavy atom. The van der Waals surface area contributed by atoms with Crippen LogP contribution in [0.4, 0.5) is 0 Å². The second-order valence-corrected chi connectivity index (χ2v) is 7.11. The number of nitrogens with zero attached hydrogens (tertiary/aromatic N) is 1. The third-order valence-corrected chi connectivity index (χ3v) is 5.42. The van der Waals surface area contributed by atoms with Crippen LogP contribution in [0.1, 0.15) is 30.0 Å². The van der Waals surface area contributed by atoms with Gasteiger partial charge in [0.25, 0.3) is 0 Å². The fraction of sp³-hybridized carbons (Fsp3) is 0.444. The first-order valence-corrected chi connectivity index (χ1v) is 9.13. The lowest BCUT2D eigenvalue weighted by Crippen LogP contribution is -2.46. The number of carbonyl (C=O) groups is 1. The number of ether oxygens (including phenoxy) is 2. The second-order valence-electron chi connectivity index (χ2n) is 6.17. The van der Waals surface area contributed by atoms with Crippen molar-refractivity contribution in [2.45, 2.75) is 38.2 Å². The van der Waals surface area contributed by atoms with E-state index < -0.39 is 12.0 Å². The number of carboxylic acids is 1. The zero-order valence-electron chi connectivity index (χ0n) is 14.2. The number of aromatic nitrogens is 1. The minimum absolute atomic E-state index is 0.143. The monoisotopic (exact) mass is 362 g/mol. The molecule has 1 aliphatic rings. The Labute approximate surface area is 150 Å². The maximum atomic E-state index is 11.4. The lowest BCUT2D eigenvalue weighted by atomic mass is 9.96. The van der Waals surface area contributed by atoms with Gasteiger partial charge in [-0.05, 0) is 43.0 Å². The molecule has 25 heavy (non-hydrogen) atoms. The molecule has 3 heterocycles. The van der Waals surface area contributed by atoms with Crippen LogP contribution in [-0.2, 0) is 16.1 Å². The van der Waals surface area contributed by atoms with Gasteiger partial charge in [0.1, 0.15) is 18.4 Å². The highest BCUT2D eigenvalue weighted by Crippen LogP contribution is 2.44. The van der Waals surface area contributed by atoms with Crippen molar-refractivity contribution in [2.24, 2.45) is 5.92 Å². The Morgan fingerprint density at radius 2 is 2.36 bits per heavy atom. The molecular formula is C18H22N2O4S. The quantitative estimate of drug-likeness (QED) is 0.788. The van der Waals surface area contributed by atoms with Crippen molar-refractivity contribution in [1.82, 2.24) is 10.3 Å². The molecule has 2 aromatic heterocycles. The molecule has 0 saturated carbocycles. The summed E-state index contributed by atoms with van der Waals surface area (Å²) < 4.78 is 12.0. The smallest absolute Gasteiger partial charge is 0.323 e. The molecule has 7 heteroatoms. The fourth-order valence-corrected chi connectivity index (χ4v) is 4.04. The summed E-state index contributed by atoms with van der Waals surface area (Å²) in [6.07, 6.45) is 2.01. The molecule has 0 spiro atoms. The summed E-state index contributed by atoms with van der Waals surface area (Å²) in [5.41, 5.74) is 0.861. The van der Waals surface area contributed by atoms with E-state index in [1.165, 1.54) is 0 Å². The topological polar surface area (TPSA) is 80.7 Å². The number of thiophene rings is 1. The zero-order chi connectivity index (χ0) is 17.8. The van der Waals surface area contributed by atoms with E-state index >= 15 is 0 Å². The summed E-state index contributed by atoms with van der Waals surface area (Å²) in [4.78, 5) is 16.7. The van der Waals surface area contributed by atoms with E-state index in [2.05, 4.69) is 10.3 Å². The molecule has 2 aromatic rings. The van der Waals surface area contributed by atoms with Gasteiger partial charge in [-0.1, -0.05) is 13.0 Å². The summed E-state index contributed by atoms with van der Waals surface area (Å²) in [6.45, 7) is 2.42. The summed E-state index contributed by atoms with van der Waals surface area (Å²) >= 11 is 1.58. The number of carboxylic acid groups (broad SMARTS) is 1. The molecule has 0 amide bonds. The first kappa shape index (κ1) is 17.8. The largest absolute Gasteiger partial charge is 0.486 e. The van der Waals surface area contributed by atoms with Crippen LogP contribution in [0.3, 0.4) is 0 Å². The Morgan fingerprint density at radius 1 is 1.52 bits per heavy atom. The SMILES string of the molecule is CNC(C(=O)O)[C@@H]1OC(c2sccc2OCc2ccccn2)C[C@H]1C. The third kappa shape index (κ3) is 4.00. The molecule has 0 radical (unpaired) electrons. The Hall–Kier alpha value is -1.96. The van der Waals surface area contributed by atoms with Gasteiger partial charge in [0.05, 0.1) is 22.8 Å². The highest BCUT2D eigenvalue weighted by atomic mass is 32.1. The van der Waals surface area contributed by atoms with Gasteiger partial charge in [-0.2, -0.15) is 0 Å². The number of likely N-dealkylation sites (N-methyl/N-ethyl adjacent to an activating group) is 1. The molecule has 134 valence electrons. The predicted octanol–water partition coefficient (Wildman–Crippen LogP) is 2.86. The van der Waals surface area contributed by atoms with E-state index in [9.17, 15) is 9.90 Å². The molecule has 0 aliphatic carbocycles. The molecular weight excluding hydrogens is 340 g/mol. The minimum Gasteiger partial charge on any atom is -0.486 e. The molecule has 1 aliphatic heterocycles. The van der Waals surface area contributed by atoms with Crippen LogP contribution >= 0.6 is 11.3 Å². The number of aliphatic carboxylic acids is 1. The maximum absolute atomic E-state index is 11.4. The van der Waals surface area contributed by atoms with Crippen molar-refractivity contribution in [1.29, 1.82) is 0 Å². The van der Waals surface area contributed by atoms with Gasteiger partial charge in [-0.25, -0.2) is 0 Å². The van der Waals surface area contributed by atoms with E-state index in [1.807, 2.05) is 36.6 Å². The van der Waals surface area contributed by atoms with E-state index in [-0.39, 0.29) is 18.1 Å². The Balaban J connectivity index is 1.69. The number of nitrogens with one attached hydrogen (secondary N) is 1. The Kier molecular flexibility index (Phi) is 5.67. The number of hydrogen-bond acceptors (Lipinski definition) is 6. The van der Waals surface area contributed by atoms with Gasteiger partial charge < -0.3 is 19.9 Å². The van der Waals surface area contributed by atoms with Gasteiger partial charge in [0.15, 0.2) is 0 Å². The van der Waals surface area contributed by atoms with Crippen LogP contribution in [0.2, 0.25) is 0 Å². The van der Waals surface area contributed by atoms with E-state index in [4.69, 9.17) is 9.47 Å². The normalized spacial score (nSPS) is 24.2. The fourth-order valence-electron chi connectivity index (χ4n) is 3.15. The summed E-state index contributed by atoms with van der Waals surface area (Å²) in [7, 11) is 1.65. The van der Waals surface area contributed by atoms with Crippen molar-refractivity contribution in [3.8, 4) is 5.75 Å². The molecule has 0 bridgehead atoms. The van der Waals surface area contributed by atoms with Crippen LogP contribution in [0.25, 0.3) is 0 Å². The predicted molar refractivity (Wildman–Crippen MR) is 94.8 cm³/mol. The van der Waals surface area contributed by atoms with Crippen molar-refractivity contribution >= 4 is 17.3 Å². The number of pyridine rings is 1. The highest BCUT2D eigenvalue weighted by molar-refractivity contribution is 7.10. The van der Waals surface area contributed by atoms with Gasteiger partial charge >= 0.3 is 5.97 Å². The van der Waals surface area contributed by atoms with Crippen LogP contribution in [0, 0.1) is 5.92 Å². The molecule has 1 fully saturated rings. The van der Waals surface area contributed by atoms with E-state index in [0.717, 1.165) is 22.7 Å². The van der Waals surface area contributed by atoms with E-state index in [0.29, 0.717) is 6.61 Å². The van der Waals surface area contributed by atoms with Crippen molar-refractivity contribution < 1.29 is 19.4 Å². The van der Waals surface area contributed by atoms with Crippen molar-refractivity contribution in [2.75, 3.05) is 7.05 Å². The molecule has 4 atom stereocenters. The van der Waals surface area contributed by atoms with Crippen LogP contribution < -0.4 is 10.1 Å². The van der Waals surface area contributed by atoms with Crippen LogP contribution in [0.15, 0.2) is 35.8 Å². The first-order chi connectivity index (χ1) is 12.1. The molecule has 6 nitrogen and oxygen atoms in total. The average molecular weight is 362 g/mol. The molecule has 2 unspecified atom stereocenters. The van der Waals surface area contributed by atoms with Crippen molar-refractivity contribution in [3.63, 3.8) is 0 Å². The molecule has 1 saturated heterocycles. The number of hydrogen-bond donors (Lipinski definition) is 2. The highest BCUT2D eigenvalue weighted by Gasteiger charge is 2.41. The Bertz CT molecular complexity index is 706. The van der Waals surface area contributed by atoms with Gasteiger partial charge in [0.2, 0.25) is 0 Å². The summed E-state index contributed by atoms with van der Waals surface area (Å²) in [5.74, 6) is 0.0342. The summed E-state index contributed by atoms with van der Waals surface area (Å²) in [5, 5.41) is 14.2. The van der Waals surface area contributed by atoms with Crippen molar-refractivity contribution in [3.05, 3.63) is 46.4 Å². The minimum atomic E-state index is -0.891. The molecule has 3 rings (SSSR count). The maximum Gasteiger partial charge on any atom is 0.323 e. The van der Waals surface area contributed by atoms with Crippen LogP contribution in [-0.4, -0.2) is 35.3 Å². The van der Waals surface area contributed by atoms with Gasteiger partial charge in [-0.15, -0.1) is 11.3 Å². The van der Waals surface area contributed by atoms with Crippen LogP contribution in [0.5, 0.6) is 5.75 Å². The van der Waals surface area contributed by atoms with Gasteiger partial charge in [-0.3, -0.25) is 9.78 Å². The third-order valence-electron chi connectivity index (χ3n) is 4.43. The zero-order valence-corrected chi connectivity index (χ0v) is 15.0. The first-order valence-electron chi connectivity index (χ1n) is 8.25. The second kappa shape index (κ2) is 7.95. The number of rotatable bonds is 7. The van der Waals surface area contributed by atoms with E-state index in [1.54, 1.807) is 24.6 Å². The van der Waals surface area contributed by atoms with Gasteiger partial charge in [0, 0.05) is 6.20 Å².